The van der Waals surface area contributed by atoms with Crippen LogP contribution in [0.5, 0.6) is 0 Å². The van der Waals surface area contributed by atoms with E-state index in [0.29, 0.717) is 19.8 Å². The fourth-order valence-corrected chi connectivity index (χ4v) is 1.58. The van der Waals surface area contributed by atoms with Crippen molar-refractivity contribution >= 4 is 23.1 Å². The van der Waals surface area contributed by atoms with Crippen LogP contribution in [-0.2, 0) is 9.53 Å². The summed E-state index contributed by atoms with van der Waals surface area (Å²) in [4.78, 5) is 14.2. The minimum Gasteiger partial charge on any atom is -0.392 e. The number of hydrogen-bond donors (Lipinski definition) is 1. The molecule has 1 saturated heterocycles. The summed E-state index contributed by atoms with van der Waals surface area (Å²) in [6.45, 7) is 7.28. The molecule has 86 valence electrons. The highest BCUT2D eigenvalue weighted by Gasteiger charge is 2.37. The maximum absolute atomic E-state index is 12.2. The smallest absolute Gasteiger partial charge is 0.235 e. The van der Waals surface area contributed by atoms with Gasteiger partial charge in [-0.3, -0.25) is 4.79 Å². The summed E-state index contributed by atoms with van der Waals surface area (Å²) in [5.41, 5.74) is 4.81. The van der Waals surface area contributed by atoms with Crippen LogP contribution in [0, 0.1) is 5.41 Å². The van der Waals surface area contributed by atoms with Crippen LogP contribution >= 0.6 is 12.2 Å². The van der Waals surface area contributed by atoms with Crippen molar-refractivity contribution in [1.29, 1.82) is 0 Å². The van der Waals surface area contributed by atoms with Gasteiger partial charge in [-0.2, -0.15) is 0 Å². The number of carbonyl (C=O) groups is 1. The third-order valence-corrected chi connectivity index (χ3v) is 3.29. The van der Waals surface area contributed by atoms with Crippen molar-refractivity contribution in [3.05, 3.63) is 0 Å². The average molecular weight is 230 g/mol. The Kier molecular flexibility index (Phi) is 3.67. The summed E-state index contributed by atoms with van der Waals surface area (Å²) in [6.07, 6.45) is 0. The summed E-state index contributed by atoms with van der Waals surface area (Å²) < 4.78 is 5.28. The molecule has 1 aliphatic heterocycles. The van der Waals surface area contributed by atoms with Crippen LogP contribution in [0.25, 0.3) is 0 Å². The topological polar surface area (TPSA) is 55.6 Å². The number of hydrogen-bond acceptors (Lipinski definition) is 3. The van der Waals surface area contributed by atoms with Crippen LogP contribution in [0.1, 0.15) is 20.8 Å². The van der Waals surface area contributed by atoms with E-state index in [4.69, 9.17) is 22.7 Å². The number of nitrogens with two attached hydrogens (primary N) is 1. The minimum absolute atomic E-state index is 0.00852. The van der Waals surface area contributed by atoms with Crippen LogP contribution in [0.4, 0.5) is 0 Å². The third kappa shape index (κ3) is 2.46. The van der Waals surface area contributed by atoms with Crippen molar-refractivity contribution in [3.8, 4) is 0 Å². The first-order valence-corrected chi connectivity index (χ1v) is 5.47. The van der Waals surface area contributed by atoms with Crippen molar-refractivity contribution in [3.63, 3.8) is 0 Å². The lowest BCUT2D eigenvalue weighted by molar-refractivity contribution is -0.144. The quantitative estimate of drug-likeness (QED) is 0.704. The van der Waals surface area contributed by atoms with Gasteiger partial charge in [0.05, 0.1) is 29.7 Å². The molecule has 1 amide bonds. The van der Waals surface area contributed by atoms with Crippen molar-refractivity contribution in [2.75, 3.05) is 19.8 Å². The Labute approximate surface area is 95.8 Å². The van der Waals surface area contributed by atoms with Gasteiger partial charge in [-0.15, -0.1) is 0 Å². The van der Waals surface area contributed by atoms with E-state index in [1.807, 2.05) is 6.92 Å². The first-order valence-electron chi connectivity index (χ1n) is 5.06. The number of ether oxygens (including phenoxy) is 1. The molecule has 4 nitrogen and oxygen atoms in total. The molecule has 0 aromatic heterocycles. The molecule has 0 saturated carbocycles. The fourth-order valence-electron chi connectivity index (χ4n) is 1.49. The molecule has 0 aromatic carbocycles. The van der Waals surface area contributed by atoms with Gasteiger partial charge in [-0.1, -0.05) is 12.2 Å². The number of carbonyl (C=O) groups excluding carboxylic acids is 1. The zero-order valence-electron chi connectivity index (χ0n) is 9.45. The highest BCUT2D eigenvalue weighted by Crippen LogP contribution is 2.22. The van der Waals surface area contributed by atoms with Crippen LogP contribution < -0.4 is 5.73 Å². The van der Waals surface area contributed by atoms with Gasteiger partial charge in [-0.05, 0) is 20.8 Å². The largest absolute Gasteiger partial charge is 0.392 e. The highest BCUT2D eigenvalue weighted by atomic mass is 32.1. The molecule has 15 heavy (non-hydrogen) atoms. The van der Waals surface area contributed by atoms with Crippen molar-refractivity contribution in [2.45, 2.75) is 26.8 Å². The third-order valence-electron chi connectivity index (χ3n) is 2.78. The van der Waals surface area contributed by atoms with Crippen LogP contribution in [0.3, 0.4) is 0 Å². The van der Waals surface area contributed by atoms with Crippen molar-refractivity contribution in [2.24, 2.45) is 11.1 Å². The van der Waals surface area contributed by atoms with Gasteiger partial charge in [0.15, 0.2) is 0 Å². The Morgan fingerprint density at radius 1 is 1.60 bits per heavy atom. The van der Waals surface area contributed by atoms with E-state index in [2.05, 4.69) is 0 Å². The van der Waals surface area contributed by atoms with E-state index < -0.39 is 5.41 Å². The molecule has 0 aromatic rings. The summed E-state index contributed by atoms with van der Waals surface area (Å²) in [5.74, 6) is -0.00852. The van der Waals surface area contributed by atoms with Crippen LogP contribution in [0.2, 0.25) is 0 Å². The molecule has 0 bridgehead atoms. The minimum atomic E-state index is -0.763. The summed E-state index contributed by atoms with van der Waals surface area (Å²) in [6, 6.07) is 0.0971. The molecule has 1 heterocycles. The lowest BCUT2D eigenvalue weighted by atomic mass is 9.91. The van der Waals surface area contributed by atoms with Crippen LogP contribution in [-0.4, -0.2) is 41.6 Å². The Morgan fingerprint density at radius 2 is 2.20 bits per heavy atom. The maximum atomic E-state index is 12.2. The summed E-state index contributed by atoms with van der Waals surface area (Å²) >= 11 is 4.91. The van der Waals surface area contributed by atoms with Crippen molar-refractivity contribution < 1.29 is 9.53 Å². The zero-order chi connectivity index (χ0) is 11.6. The number of nitrogens with zero attached hydrogens (tertiary/aromatic N) is 1. The first kappa shape index (κ1) is 12.4. The molecule has 0 radical (unpaired) electrons. The molecular weight excluding hydrogens is 212 g/mol. The molecule has 0 aliphatic carbocycles. The van der Waals surface area contributed by atoms with Gasteiger partial charge in [0.1, 0.15) is 0 Å². The van der Waals surface area contributed by atoms with Gasteiger partial charge < -0.3 is 15.4 Å². The normalized spacial score (nSPS) is 22.6. The number of thiocarbonyl (C=S) groups is 1. The second-order valence-electron chi connectivity index (χ2n) is 4.41. The predicted molar refractivity (Wildman–Crippen MR) is 62.6 cm³/mol. The molecule has 1 unspecified atom stereocenters. The van der Waals surface area contributed by atoms with E-state index in [1.54, 1.807) is 18.7 Å². The first-order chi connectivity index (χ1) is 6.87. The maximum Gasteiger partial charge on any atom is 0.235 e. The number of amides is 1. The molecule has 1 rings (SSSR count). The summed E-state index contributed by atoms with van der Waals surface area (Å²) in [5, 5.41) is 0. The Hall–Kier alpha value is -0.680. The molecule has 5 heteroatoms. The van der Waals surface area contributed by atoms with Crippen molar-refractivity contribution in [1.82, 2.24) is 4.90 Å². The Bertz CT molecular complexity index is 279. The lowest BCUT2D eigenvalue weighted by Crippen LogP contribution is -2.54. The van der Waals surface area contributed by atoms with E-state index >= 15 is 0 Å². The van der Waals surface area contributed by atoms with Gasteiger partial charge >= 0.3 is 0 Å². The molecular formula is C10H18N2O2S. The van der Waals surface area contributed by atoms with Gasteiger partial charge in [0.2, 0.25) is 5.91 Å². The molecule has 1 atom stereocenters. The molecule has 0 spiro atoms. The second-order valence-corrected chi connectivity index (χ2v) is 4.85. The fraction of sp³-hybridized carbons (Fsp3) is 0.800. The highest BCUT2D eigenvalue weighted by molar-refractivity contribution is 7.80. The van der Waals surface area contributed by atoms with Gasteiger partial charge in [0.25, 0.3) is 0 Å². The lowest BCUT2D eigenvalue weighted by Gasteiger charge is -2.38. The monoisotopic (exact) mass is 230 g/mol. The number of rotatable bonds is 2. The summed E-state index contributed by atoms with van der Waals surface area (Å²) in [7, 11) is 0. The SMILES string of the molecule is CC1COCCN1C(=O)C(C)(C)C(N)=S. The second kappa shape index (κ2) is 4.45. The standard InChI is InChI=1S/C10H18N2O2S/c1-7-6-14-5-4-12(7)9(13)10(2,3)8(11)15/h7H,4-6H2,1-3H3,(H2,11,15). The Balaban J connectivity index is 2.78. The zero-order valence-corrected chi connectivity index (χ0v) is 10.3. The van der Waals surface area contributed by atoms with Crippen LogP contribution in [0.15, 0.2) is 0 Å². The van der Waals surface area contributed by atoms with Gasteiger partial charge in [-0.25, -0.2) is 0 Å². The van der Waals surface area contributed by atoms with E-state index in [1.165, 1.54) is 0 Å². The molecule has 1 aliphatic rings. The Morgan fingerprint density at radius 3 is 2.67 bits per heavy atom. The average Bonchev–Trinajstić information content (AvgIpc) is 2.17. The predicted octanol–water partition coefficient (Wildman–Crippen LogP) is 0.546. The molecule has 1 fully saturated rings. The van der Waals surface area contributed by atoms with Gasteiger partial charge in [0, 0.05) is 6.54 Å². The van der Waals surface area contributed by atoms with E-state index in [0.717, 1.165) is 0 Å². The number of morpholine rings is 1. The molecule has 2 N–H and O–H groups in total. The van der Waals surface area contributed by atoms with E-state index in [-0.39, 0.29) is 16.9 Å². The van der Waals surface area contributed by atoms with E-state index in [9.17, 15) is 4.79 Å².